The molecule has 0 bridgehead atoms. The highest BCUT2D eigenvalue weighted by molar-refractivity contribution is 7.15. The molecule has 0 radical (unpaired) electrons. The van der Waals surface area contributed by atoms with Gasteiger partial charge in [-0.15, -0.1) is 11.3 Å². The molecule has 1 aromatic heterocycles. The number of carbonyl (C=O) groups excluding carboxylic acids is 2. The summed E-state index contributed by atoms with van der Waals surface area (Å²) in [6, 6.07) is 12.6. The number of hydrogen-bond donors (Lipinski definition) is 1. The van der Waals surface area contributed by atoms with Crippen LogP contribution in [-0.4, -0.2) is 25.6 Å². The molecule has 0 saturated carbocycles. The quantitative estimate of drug-likeness (QED) is 0.593. The van der Waals surface area contributed by atoms with Crippen LogP contribution in [0.3, 0.4) is 0 Å². The van der Waals surface area contributed by atoms with E-state index in [4.69, 9.17) is 9.47 Å². The predicted molar refractivity (Wildman–Crippen MR) is 107 cm³/mol. The van der Waals surface area contributed by atoms with Gasteiger partial charge in [-0.25, -0.2) is 9.18 Å². The van der Waals surface area contributed by atoms with Crippen molar-refractivity contribution in [3.63, 3.8) is 0 Å². The predicted octanol–water partition coefficient (Wildman–Crippen LogP) is 4.99. The Kier molecular flexibility index (Phi) is 6.06. The van der Waals surface area contributed by atoms with Crippen LogP contribution in [0.15, 0.2) is 53.9 Å². The third kappa shape index (κ3) is 4.04. The lowest BCUT2D eigenvalue weighted by Crippen LogP contribution is -2.15. The molecule has 28 heavy (non-hydrogen) atoms. The van der Waals surface area contributed by atoms with Crippen LogP contribution in [0.5, 0.6) is 5.75 Å². The number of anilines is 1. The highest BCUT2D eigenvalue weighted by Crippen LogP contribution is 2.36. The van der Waals surface area contributed by atoms with Gasteiger partial charge in [0.15, 0.2) is 0 Å². The molecule has 1 N–H and O–H groups in total. The molecule has 0 unspecified atom stereocenters. The van der Waals surface area contributed by atoms with E-state index in [1.54, 1.807) is 41.8 Å². The average Bonchev–Trinajstić information content (AvgIpc) is 3.12. The maximum absolute atomic E-state index is 13.2. The van der Waals surface area contributed by atoms with Crippen LogP contribution in [0.25, 0.3) is 11.1 Å². The molecule has 144 valence electrons. The lowest BCUT2D eigenvalue weighted by molar-refractivity contribution is 0.0603. The molecule has 5 nitrogen and oxygen atoms in total. The largest absolute Gasteiger partial charge is 0.493 e. The number of esters is 1. The number of amides is 1. The molecule has 3 rings (SSSR count). The molecule has 0 saturated heterocycles. The lowest BCUT2D eigenvalue weighted by atomic mass is 10.0. The van der Waals surface area contributed by atoms with Crippen LogP contribution in [0.2, 0.25) is 0 Å². The van der Waals surface area contributed by atoms with Crippen molar-refractivity contribution in [1.82, 2.24) is 0 Å². The van der Waals surface area contributed by atoms with Gasteiger partial charge in [0.25, 0.3) is 5.91 Å². The molecule has 0 aliphatic carbocycles. The molecule has 3 aromatic rings. The van der Waals surface area contributed by atoms with Crippen molar-refractivity contribution in [2.45, 2.75) is 6.92 Å². The second-order valence-electron chi connectivity index (χ2n) is 5.74. The molecule has 1 heterocycles. The molecule has 0 spiro atoms. The Labute approximate surface area is 165 Å². The molecule has 2 aromatic carbocycles. The minimum atomic E-state index is -0.589. The van der Waals surface area contributed by atoms with E-state index >= 15 is 0 Å². The van der Waals surface area contributed by atoms with Gasteiger partial charge in [0.2, 0.25) is 0 Å². The normalized spacial score (nSPS) is 10.4. The molecular weight excluding hydrogens is 381 g/mol. The van der Waals surface area contributed by atoms with Crippen LogP contribution >= 0.6 is 11.3 Å². The van der Waals surface area contributed by atoms with Gasteiger partial charge in [-0.1, -0.05) is 24.3 Å². The Hall–Kier alpha value is -3.19. The highest BCUT2D eigenvalue weighted by Gasteiger charge is 2.23. The number of ether oxygens (including phenoxy) is 2. The topological polar surface area (TPSA) is 64.6 Å². The molecule has 7 heteroatoms. The maximum atomic E-state index is 13.2. The van der Waals surface area contributed by atoms with Crippen molar-refractivity contribution < 1.29 is 23.5 Å². The number of para-hydroxylation sites is 1. The zero-order valence-corrected chi connectivity index (χ0v) is 16.1. The fourth-order valence-corrected chi connectivity index (χ4v) is 3.65. The first-order valence-electron chi connectivity index (χ1n) is 8.54. The number of halogens is 1. The number of nitrogens with one attached hydrogen (secondary N) is 1. The van der Waals surface area contributed by atoms with E-state index < -0.39 is 11.9 Å². The van der Waals surface area contributed by atoms with Gasteiger partial charge < -0.3 is 14.8 Å². The first-order valence-corrected chi connectivity index (χ1v) is 9.42. The fraction of sp³-hybridized carbons (Fsp3) is 0.143. The summed E-state index contributed by atoms with van der Waals surface area (Å²) in [5, 5.41) is 4.84. The first kappa shape index (κ1) is 19.6. The summed E-state index contributed by atoms with van der Waals surface area (Å²) in [4.78, 5) is 25.2. The Bertz CT molecular complexity index is 998. The van der Waals surface area contributed by atoms with E-state index in [0.29, 0.717) is 34.0 Å². The molecule has 0 aliphatic rings. The third-order valence-electron chi connectivity index (χ3n) is 3.99. The number of thiophene rings is 1. The number of hydrogen-bond acceptors (Lipinski definition) is 5. The molecule has 0 fully saturated rings. The van der Waals surface area contributed by atoms with Gasteiger partial charge in [-0.05, 0) is 36.8 Å². The molecule has 0 aliphatic heterocycles. The minimum Gasteiger partial charge on any atom is -0.493 e. The van der Waals surface area contributed by atoms with Crippen molar-refractivity contribution >= 4 is 28.2 Å². The Morgan fingerprint density at radius 1 is 1.11 bits per heavy atom. The summed E-state index contributed by atoms with van der Waals surface area (Å²) >= 11 is 1.19. The highest BCUT2D eigenvalue weighted by atomic mass is 32.1. The third-order valence-corrected chi connectivity index (χ3v) is 4.89. The van der Waals surface area contributed by atoms with Crippen LogP contribution in [0, 0.1) is 5.82 Å². The van der Waals surface area contributed by atoms with Crippen LogP contribution in [0.4, 0.5) is 9.39 Å². The van der Waals surface area contributed by atoms with Crippen molar-refractivity contribution in [1.29, 1.82) is 0 Å². The van der Waals surface area contributed by atoms with Gasteiger partial charge in [-0.2, -0.15) is 0 Å². The van der Waals surface area contributed by atoms with E-state index in [9.17, 15) is 14.0 Å². The summed E-state index contributed by atoms with van der Waals surface area (Å²) in [6.45, 7) is 2.25. The molecule has 1 amide bonds. The monoisotopic (exact) mass is 399 g/mol. The van der Waals surface area contributed by atoms with Gasteiger partial charge in [0.1, 0.15) is 22.1 Å². The van der Waals surface area contributed by atoms with E-state index in [1.807, 2.05) is 6.92 Å². The first-order chi connectivity index (χ1) is 13.5. The van der Waals surface area contributed by atoms with Crippen LogP contribution in [-0.2, 0) is 4.74 Å². The van der Waals surface area contributed by atoms with Gasteiger partial charge in [0, 0.05) is 10.9 Å². The standard InChI is InChI=1S/C21H18FNO4S/c1-3-27-17-7-5-4-6-15(17)19(24)23-20-18(21(25)26-2)16(12-28-20)13-8-10-14(22)11-9-13/h4-12H,3H2,1-2H3,(H,23,24). The zero-order valence-electron chi connectivity index (χ0n) is 15.3. The number of methoxy groups -OCH3 is 1. The summed E-state index contributed by atoms with van der Waals surface area (Å²) in [5.41, 5.74) is 1.79. The van der Waals surface area contributed by atoms with Gasteiger partial charge in [0.05, 0.1) is 19.3 Å². The van der Waals surface area contributed by atoms with E-state index in [0.717, 1.165) is 0 Å². The molecule has 0 atom stereocenters. The van der Waals surface area contributed by atoms with Crippen molar-refractivity contribution in [2.75, 3.05) is 19.0 Å². The molecular formula is C21H18FNO4S. The van der Waals surface area contributed by atoms with E-state index in [2.05, 4.69) is 5.32 Å². The summed E-state index contributed by atoms with van der Waals surface area (Å²) < 4.78 is 23.6. The van der Waals surface area contributed by atoms with Crippen molar-refractivity contribution in [3.8, 4) is 16.9 Å². The lowest BCUT2D eigenvalue weighted by Gasteiger charge is -2.11. The van der Waals surface area contributed by atoms with Crippen molar-refractivity contribution in [2.24, 2.45) is 0 Å². The minimum absolute atomic E-state index is 0.223. The number of carbonyl (C=O) groups is 2. The Morgan fingerprint density at radius 3 is 2.50 bits per heavy atom. The van der Waals surface area contributed by atoms with Crippen LogP contribution in [0.1, 0.15) is 27.6 Å². The Balaban J connectivity index is 1.97. The Morgan fingerprint density at radius 2 is 1.82 bits per heavy atom. The van der Waals surface area contributed by atoms with Gasteiger partial charge >= 0.3 is 5.97 Å². The average molecular weight is 399 g/mol. The zero-order chi connectivity index (χ0) is 20.1. The SMILES string of the molecule is CCOc1ccccc1C(=O)Nc1scc(-c2ccc(F)cc2)c1C(=O)OC. The van der Waals surface area contributed by atoms with Gasteiger partial charge in [-0.3, -0.25) is 4.79 Å². The summed E-state index contributed by atoms with van der Waals surface area (Å²) in [7, 11) is 1.27. The van der Waals surface area contributed by atoms with Crippen molar-refractivity contribution in [3.05, 3.63) is 70.9 Å². The van der Waals surface area contributed by atoms with E-state index in [1.165, 1.54) is 30.6 Å². The summed E-state index contributed by atoms with van der Waals surface area (Å²) in [5.74, 6) is -0.909. The van der Waals surface area contributed by atoms with Crippen LogP contribution < -0.4 is 10.1 Å². The second kappa shape index (κ2) is 8.67. The number of benzene rings is 2. The second-order valence-corrected chi connectivity index (χ2v) is 6.61. The summed E-state index contributed by atoms with van der Waals surface area (Å²) in [6.07, 6.45) is 0. The van der Waals surface area contributed by atoms with E-state index in [-0.39, 0.29) is 11.4 Å². The smallest absolute Gasteiger partial charge is 0.341 e. The maximum Gasteiger partial charge on any atom is 0.341 e. The fourth-order valence-electron chi connectivity index (χ4n) is 2.70. The number of rotatable bonds is 6.